The van der Waals surface area contributed by atoms with Crippen LogP contribution in [0.25, 0.3) is 0 Å². The minimum atomic E-state index is -3.92. The summed E-state index contributed by atoms with van der Waals surface area (Å²) in [6.07, 6.45) is 0.572. The van der Waals surface area contributed by atoms with Gasteiger partial charge in [-0.2, -0.15) is 0 Å². The van der Waals surface area contributed by atoms with Gasteiger partial charge in [0.05, 0.1) is 4.92 Å². The zero-order chi connectivity index (χ0) is 15.3. The van der Waals surface area contributed by atoms with Crippen LogP contribution >= 0.6 is 23.2 Å². The van der Waals surface area contributed by atoms with E-state index in [0.717, 1.165) is 12.1 Å². The highest BCUT2D eigenvalue weighted by atomic mass is 35.5. The van der Waals surface area contributed by atoms with Gasteiger partial charge >= 0.3 is 5.69 Å². The Labute approximate surface area is 126 Å². The molecule has 7 nitrogen and oxygen atoms in total. The predicted molar refractivity (Wildman–Crippen MR) is 76.8 cm³/mol. The summed E-state index contributed by atoms with van der Waals surface area (Å²) in [5, 5.41) is 13.0. The lowest BCUT2D eigenvalue weighted by atomic mass is 10.3. The molecule has 0 saturated carbocycles. The van der Waals surface area contributed by atoms with E-state index >= 15 is 0 Å². The Morgan fingerprint density at radius 2 is 1.95 bits per heavy atom. The first-order valence-electron chi connectivity index (χ1n) is 5.58. The molecule has 2 N–H and O–H groups in total. The number of sulfonamides is 1. The highest BCUT2D eigenvalue weighted by molar-refractivity contribution is 7.89. The molecule has 1 aromatic rings. The zero-order valence-corrected chi connectivity index (χ0v) is 12.8. The number of rotatable bonds is 7. The third kappa shape index (κ3) is 4.03. The van der Waals surface area contributed by atoms with Gasteiger partial charge in [0.1, 0.15) is 14.9 Å². The summed E-state index contributed by atoms with van der Waals surface area (Å²) in [5.74, 6) is 0. The molecule has 0 heterocycles. The summed E-state index contributed by atoms with van der Waals surface area (Å²) >= 11 is 11.4. The maximum absolute atomic E-state index is 12.0. The SMILES string of the molecule is CNCCCNS(=O)(=O)c1ccc(Cl)c([N+](=O)[O-])c1Cl. The summed E-state index contributed by atoms with van der Waals surface area (Å²) in [5.41, 5.74) is -0.619. The maximum atomic E-state index is 12.0. The van der Waals surface area contributed by atoms with Gasteiger partial charge in [-0.05, 0) is 32.1 Å². The molecule has 0 aliphatic heterocycles. The van der Waals surface area contributed by atoms with Crippen LogP contribution in [0.15, 0.2) is 17.0 Å². The van der Waals surface area contributed by atoms with E-state index in [1.165, 1.54) is 0 Å². The minimum absolute atomic E-state index is 0.190. The number of halogens is 2. The fourth-order valence-electron chi connectivity index (χ4n) is 1.45. The molecule has 0 amide bonds. The zero-order valence-electron chi connectivity index (χ0n) is 10.5. The van der Waals surface area contributed by atoms with Crippen molar-refractivity contribution < 1.29 is 13.3 Å². The first-order chi connectivity index (χ1) is 9.31. The van der Waals surface area contributed by atoms with Gasteiger partial charge in [-0.15, -0.1) is 0 Å². The van der Waals surface area contributed by atoms with Gasteiger partial charge in [0.15, 0.2) is 0 Å². The molecule has 1 rings (SSSR count). The van der Waals surface area contributed by atoms with Crippen molar-refractivity contribution in [3.63, 3.8) is 0 Å². The van der Waals surface area contributed by atoms with Crippen molar-refractivity contribution in [3.8, 4) is 0 Å². The smallest absolute Gasteiger partial charge is 0.307 e. The van der Waals surface area contributed by atoms with Gasteiger partial charge in [0.2, 0.25) is 10.0 Å². The Bertz CT molecular complexity index is 607. The Balaban J connectivity index is 3.07. The van der Waals surface area contributed by atoms with E-state index in [1.807, 2.05) is 0 Å². The fourth-order valence-corrected chi connectivity index (χ4v) is 3.41. The molecule has 0 bridgehead atoms. The van der Waals surface area contributed by atoms with E-state index in [2.05, 4.69) is 10.0 Å². The number of hydrogen-bond donors (Lipinski definition) is 2. The van der Waals surface area contributed by atoms with Crippen LogP contribution in [0.5, 0.6) is 0 Å². The second-order valence-electron chi connectivity index (χ2n) is 3.82. The van der Waals surface area contributed by atoms with Crippen LogP contribution in [0.3, 0.4) is 0 Å². The maximum Gasteiger partial charge on any atom is 0.307 e. The van der Waals surface area contributed by atoms with Crippen molar-refractivity contribution in [2.24, 2.45) is 0 Å². The number of hydrogen-bond acceptors (Lipinski definition) is 5. The second kappa shape index (κ2) is 7.19. The van der Waals surface area contributed by atoms with Gasteiger partial charge in [0.25, 0.3) is 0 Å². The van der Waals surface area contributed by atoms with Crippen molar-refractivity contribution in [2.45, 2.75) is 11.3 Å². The van der Waals surface area contributed by atoms with E-state index in [9.17, 15) is 18.5 Å². The number of nitrogens with one attached hydrogen (secondary N) is 2. The quantitative estimate of drug-likeness (QED) is 0.447. The van der Waals surface area contributed by atoms with E-state index in [-0.39, 0.29) is 16.5 Å². The topological polar surface area (TPSA) is 101 Å². The number of nitrogens with zero attached hydrogens (tertiary/aromatic N) is 1. The summed E-state index contributed by atoms with van der Waals surface area (Å²) in [4.78, 5) is 9.66. The molecule has 1 aromatic carbocycles. The average Bonchev–Trinajstić information content (AvgIpc) is 2.34. The van der Waals surface area contributed by atoms with Crippen molar-refractivity contribution in [3.05, 3.63) is 32.3 Å². The standard InChI is InChI=1S/C10H13Cl2N3O4S/c1-13-5-2-6-14-20(18,19)8-4-3-7(11)10(9(8)12)15(16)17/h3-4,13-14H,2,5-6H2,1H3. The summed E-state index contributed by atoms with van der Waals surface area (Å²) < 4.78 is 26.4. The third-order valence-electron chi connectivity index (χ3n) is 2.40. The highest BCUT2D eigenvalue weighted by Crippen LogP contribution is 2.36. The fraction of sp³-hybridized carbons (Fsp3) is 0.400. The van der Waals surface area contributed by atoms with Crippen LogP contribution in [0.1, 0.15) is 6.42 Å². The lowest BCUT2D eigenvalue weighted by Gasteiger charge is -2.09. The van der Waals surface area contributed by atoms with Crippen LogP contribution in [0.2, 0.25) is 10.0 Å². The molecule has 10 heteroatoms. The number of benzene rings is 1. The van der Waals surface area contributed by atoms with Crippen LogP contribution in [-0.4, -0.2) is 33.5 Å². The molecule has 112 valence electrons. The van der Waals surface area contributed by atoms with Crippen molar-refractivity contribution >= 4 is 38.9 Å². The minimum Gasteiger partial charge on any atom is -0.320 e. The van der Waals surface area contributed by atoms with Crippen LogP contribution in [-0.2, 0) is 10.0 Å². The molecule has 0 aromatic heterocycles. The molecule has 0 fully saturated rings. The first-order valence-corrected chi connectivity index (χ1v) is 7.82. The summed E-state index contributed by atoms with van der Waals surface area (Å²) in [6.45, 7) is 0.826. The summed E-state index contributed by atoms with van der Waals surface area (Å²) in [7, 11) is -2.17. The Kier molecular flexibility index (Phi) is 6.15. The van der Waals surface area contributed by atoms with E-state index in [4.69, 9.17) is 23.2 Å². The second-order valence-corrected chi connectivity index (χ2v) is 6.34. The highest BCUT2D eigenvalue weighted by Gasteiger charge is 2.27. The first kappa shape index (κ1) is 17.1. The van der Waals surface area contributed by atoms with E-state index in [1.54, 1.807) is 7.05 Å². The number of nitro benzene ring substituents is 1. The monoisotopic (exact) mass is 341 g/mol. The Morgan fingerprint density at radius 3 is 2.50 bits per heavy atom. The Morgan fingerprint density at radius 1 is 1.30 bits per heavy atom. The largest absolute Gasteiger partial charge is 0.320 e. The van der Waals surface area contributed by atoms with Crippen molar-refractivity contribution in [2.75, 3.05) is 20.1 Å². The normalized spacial score (nSPS) is 11.6. The van der Waals surface area contributed by atoms with Gasteiger partial charge in [-0.3, -0.25) is 10.1 Å². The average molecular weight is 342 g/mol. The molecule has 0 unspecified atom stereocenters. The van der Waals surface area contributed by atoms with Crippen LogP contribution in [0, 0.1) is 10.1 Å². The predicted octanol–water partition coefficient (Wildman–Crippen LogP) is 1.79. The molecule has 0 spiro atoms. The molecule has 20 heavy (non-hydrogen) atoms. The molecule has 0 aliphatic carbocycles. The molecular weight excluding hydrogens is 329 g/mol. The Hall–Kier alpha value is -0.930. The van der Waals surface area contributed by atoms with Gasteiger partial charge < -0.3 is 5.32 Å². The van der Waals surface area contributed by atoms with Crippen LogP contribution in [0.4, 0.5) is 5.69 Å². The van der Waals surface area contributed by atoms with E-state index < -0.39 is 25.7 Å². The molecular formula is C10H13Cl2N3O4S. The summed E-state index contributed by atoms with van der Waals surface area (Å²) in [6, 6.07) is 2.27. The van der Waals surface area contributed by atoms with Crippen LogP contribution < -0.4 is 10.0 Å². The van der Waals surface area contributed by atoms with Crippen molar-refractivity contribution in [1.29, 1.82) is 0 Å². The van der Waals surface area contributed by atoms with Gasteiger partial charge in [-0.25, -0.2) is 13.1 Å². The third-order valence-corrected chi connectivity index (χ3v) is 4.70. The lowest BCUT2D eigenvalue weighted by molar-refractivity contribution is -0.384. The van der Waals surface area contributed by atoms with Crippen molar-refractivity contribution in [1.82, 2.24) is 10.0 Å². The lowest BCUT2D eigenvalue weighted by Crippen LogP contribution is -2.27. The van der Waals surface area contributed by atoms with E-state index in [0.29, 0.717) is 13.0 Å². The van der Waals surface area contributed by atoms with Gasteiger partial charge in [0, 0.05) is 6.54 Å². The van der Waals surface area contributed by atoms with Gasteiger partial charge in [-0.1, -0.05) is 23.2 Å². The molecule has 0 radical (unpaired) electrons. The molecule has 0 atom stereocenters. The number of nitro groups is 1. The molecule has 0 aliphatic rings. The molecule has 0 saturated heterocycles.